The van der Waals surface area contributed by atoms with Crippen molar-refractivity contribution in [3.63, 3.8) is 0 Å². The first-order chi connectivity index (χ1) is 36.5. The molecule has 0 spiro atoms. The molecule has 0 N–H and O–H groups in total. The molecule has 0 aromatic heterocycles. The number of carbonyl (C=O) groups excluding carboxylic acids is 3. The van der Waals surface area contributed by atoms with Crippen LogP contribution >= 0.6 is 0 Å². The first kappa shape index (κ1) is 72.2. The van der Waals surface area contributed by atoms with Crippen molar-refractivity contribution in [2.45, 2.75) is 393 Å². The van der Waals surface area contributed by atoms with Crippen molar-refractivity contribution in [2.24, 2.45) is 0 Å². The quantitative estimate of drug-likeness (QED) is 0.0261. The van der Waals surface area contributed by atoms with E-state index in [9.17, 15) is 14.4 Å². The first-order valence-electron chi connectivity index (χ1n) is 33.7. The van der Waals surface area contributed by atoms with Crippen LogP contribution in [-0.4, -0.2) is 37.2 Å². The smallest absolute Gasteiger partial charge is 0.306 e. The Balaban J connectivity index is 4.07. The molecule has 0 aromatic rings. The number of unbranched alkanes of at least 4 members (excludes halogenated alkanes) is 50. The highest BCUT2D eigenvalue weighted by molar-refractivity contribution is 5.71. The highest BCUT2D eigenvalue weighted by Gasteiger charge is 2.19. The normalized spacial score (nSPS) is 12.0. The number of rotatable bonds is 63. The van der Waals surface area contributed by atoms with Gasteiger partial charge in [-0.15, -0.1) is 0 Å². The third kappa shape index (κ3) is 61.0. The Labute approximate surface area is 462 Å². The zero-order valence-electron chi connectivity index (χ0n) is 50.4. The topological polar surface area (TPSA) is 78.9 Å². The molecule has 0 radical (unpaired) electrons. The molecule has 1 atom stereocenters. The standard InChI is InChI=1S/C68H130O6/c1-4-7-10-13-16-19-22-25-27-28-29-30-31-32-33-34-35-36-37-38-39-40-41-42-44-46-49-52-55-58-61-67(70)73-64-65(63-72-66(69)60-57-54-51-48-45-24-21-18-15-12-9-6-3)74-68(71)62-59-56-53-50-47-43-26-23-20-17-14-11-8-5-2/h23,26,65H,4-22,24-25,27-64H2,1-3H3/b26-23-. The number of carbonyl (C=O) groups is 3. The molecule has 0 aliphatic heterocycles. The minimum atomic E-state index is -0.769. The van der Waals surface area contributed by atoms with Crippen LogP contribution in [-0.2, 0) is 28.6 Å². The fourth-order valence-electron chi connectivity index (χ4n) is 10.4. The second-order valence-electron chi connectivity index (χ2n) is 23.1. The minimum absolute atomic E-state index is 0.0672. The summed E-state index contributed by atoms with van der Waals surface area (Å²) in [5.41, 5.74) is 0. The summed E-state index contributed by atoms with van der Waals surface area (Å²) in [4.78, 5) is 38.2. The Morgan fingerprint density at radius 2 is 0.446 bits per heavy atom. The van der Waals surface area contributed by atoms with E-state index in [0.717, 1.165) is 64.2 Å². The van der Waals surface area contributed by atoms with Gasteiger partial charge in [0.1, 0.15) is 13.2 Å². The third-order valence-corrected chi connectivity index (χ3v) is 15.5. The lowest BCUT2D eigenvalue weighted by Crippen LogP contribution is -2.30. The molecular weight excluding hydrogens is 913 g/mol. The number of ether oxygens (including phenoxy) is 3. The van der Waals surface area contributed by atoms with Crippen LogP contribution in [0.25, 0.3) is 0 Å². The molecular formula is C68H130O6. The van der Waals surface area contributed by atoms with Crippen molar-refractivity contribution < 1.29 is 28.6 Å². The van der Waals surface area contributed by atoms with E-state index in [2.05, 4.69) is 32.9 Å². The maximum absolute atomic E-state index is 12.9. The van der Waals surface area contributed by atoms with Crippen molar-refractivity contribution in [3.05, 3.63) is 12.2 Å². The zero-order valence-corrected chi connectivity index (χ0v) is 50.4. The van der Waals surface area contributed by atoms with Crippen LogP contribution in [0.3, 0.4) is 0 Å². The van der Waals surface area contributed by atoms with Crippen LogP contribution in [0.15, 0.2) is 12.2 Å². The number of hydrogen-bond acceptors (Lipinski definition) is 6. The molecule has 0 aromatic carbocycles. The Kier molecular flexibility index (Phi) is 62.1. The van der Waals surface area contributed by atoms with Gasteiger partial charge in [-0.1, -0.05) is 335 Å². The Morgan fingerprint density at radius 1 is 0.257 bits per heavy atom. The summed E-state index contributed by atoms with van der Waals surface area (Å²) < 4.78 is 16.9. The van der Waals surface area contributed by atoms with Gasteiger partial charge >= 0.3 is 17.9 Å². The summed E-state index contributed by atoms with van der Waals surface area (Å²) >= 11 is 0. The van der Waals surface area contributed by atoms with E-state index < -0.39 is 6.10 Å². The summed E-state index contributed by atoms with van der Waals surface area (Å²) in [7, 11) is 0. The van der Waals surface area contributed by atoms with Crippen LogP contribution in [0.2, 0.25) is 0 Å². The molecule has 0 rings (SSSR count). The SMILES string of the molecule is CCCCCCC/C=C\CCCCCCCC(=O)OC(COC(=O)CCCCCCCCCCCCCC)COC(=O)CCCCCCCCCCCCCCCCCCCCCCCCCCCCCCCC. The van der Waals surface area contributed by atoms with Crippen LogP contribution in [0.1, 0.15) is 387 Å². The van der Waals surface area contributed by atoms with Crippen molar-refractivity contribution >= 4 is 17.9 Å². The molecule has 0 heterocycles. The molecule has 0 fully saturated rings. The van der Waals surface area contributed by atoms with E-state index in [-0.39, 0.29) is 31.1 Å². The predicted molar refractivity (Wildman–Crippen MR) is 321 cm³/mol. The van der Waals surface area contributed by atoms with Crippen molar-refractivity contribution in [1.82, 2.24) is 0 Å². The molecule has 74 heavy (non-hydrogen) atoms. The minimum Gasteiger partial charge on any atom is -0.462 e. The molecule has 0 saturated heterocycles. The van der Waals surface area contributed by atoms with E-state index in [0.29, 0.717) is 19.3 Å². The third-order valence-electron chi connectivity index (χ3n) is 15.5. The van der Waals surface area contributed by atoms with Crippen LogP contribution in [0.4, 0.5) is 0 Å². The molecule has 438 valence electrons. The molecule has 6 heteroatoms. The van der Waals surface area contributed by atoms with Gasteiger partial charge in [0, 0.05) is 19.3 Å². The molecule has 1 unspecified atom stereocenters. The maximum Gasteiger partial charge on any atom is 0.306 e. The van der Waals surface area contributed by atoms with Gasteiger partial charge in [-0.05, 0) is 44.9 Å². The van der Waals surface area contributed by atoms with E-state index in [4.69, 9.17) is 14.2 Å². The highest BCUT2D eigenvalue weighted by atomic mass is 16.6. The lowest BCUT2D eigenvalue weighted by Gasteiger charge is -2.18. The van der Waals surface area contributed by atoms with Gasteiger partial charge in [0.2, 0.25) is 0 Å². The van der Waals surface area contributed by atoms with E-state index >= 15 is 0 Å². The molecule has 0 saturated carbocycles. The molecule has 0 aliphatic carbocycles. The van der Waals surface area contributed by atoms with Crippen molar-refractivity contribution in [2.75, 3.05) is 13.2 Å². The molecule has 6 nitrogen and oxygen atoms in total. The van der Waals surface area contributed by atoms with Gasteiger partial charge in [-0.25, -0.2) is 0 Å². The average Bonchev–Trinajstić information content (AvgIpc) is 3.40. The van der Waals surface area contributed by atoms with Crippen LogP contribution in [0.5, 0.6) is 0 Å². The monoisotopic (exact) mass is 1040 g/mol. The lowest BCUT2D eigenvalue weighted by atomic mass is 10.0. The largest absolute Gasteiger partial charge is 0.462 e. The fraction of sp³-hybridized carbons (Fsp3) is 0.926. The van der Waals surface area contributed by atoms with Crippen LogP contribution < -0.4 is 0 Å². The molecule has 0 bridgehead atoms. The van der Waals surface area contributed by atoms with E-state index in [1.807, 2.05) is 0 Å². The number of allylic oxidation sites excluding steroid dienone is 2. The highest BCUT2D eigenvalue weighted by Crippen LogP contribution is 2.19. The Bertz CT molecular complexity index is 1150. The van der Waals surface area contributed by atoms with Gasteiger partial charge < -0.3 is 14.2 Å². The number of esters is 3. The Morgan fingerprint density at radius 3 is 0.676 bits per heavy atom. The summed E-state index contributed by atoms with van der Waals surface area (Å²) in [5.74, 6) is -0.848. The lowest BCUT2D eigenvalue weighted by molar-refractivity contribution is -0.167. The van der Waals surface area contributed by atoms with Gasteiger partial charge in [-0.3, -0.25) is 14.4 Å². The van der Waals surface area contributed by atoms with Gasteiger partial charge in [0.15, 0.2) is 6.10 Å². The van der Waals surface area contributed by atoms with Crippen molar-refractivity contribution in [1.29, 1.82) is 0 Å². The zero-order chi connectivity index (χ0) is 53.6. The van der Waals surface area contributed by atoms with Crippen LogP contribution in [0, 0.1) is 0 Å². The predicted octanol–water partition coefficient (Wildman–Crippen LogP) is 22.8. The summed E-state index contributed by atoms with van der Waals surface area (Å²) in [6.45, 7) is 6.69. The summed E-state index contributed by atoms with van der Waals surface area (Å²) in [5, 5.41) is 0. The van der Waals surface area contributed by atoms with E-state index in [1.165, 1.54) is 283 Å². The Hall–Kier alpha value is -1.85. The summed E-state index contributed by atoms with van der Waals surface area (Å²) in [6, 6.07) is 0. The molecule has 0 aliphatic rings. The molecule has 0 amide bonds. The van der Waals surface area contributed by atoms with Gasteiger partial charge in [0.25, 0.3) is 0 Å². The average molecular weight is 1040 g/mol. The second-order valence-corrected chi connectivity index (χ2v) is 23.1. The second kappa shape index (κ2) is 63.7. The van der Waals surface area contributed by atoms with E-state index in [1.54, 1.807) is 0 Å². The van der Waals surface area contributed by atoms with Gasteiger partial charge in [-0.2, -0.15) is 0 Å². The summed E-state index contributed by atoms with van der Waals surface area (Å²) in [6.07, 6.45) is 75.4. The first-order valence-corrected chi connectivity index (χ1v) is 33.7. The number of hydrogen-bond donors (Lipinski definition) is 0. The maximum atomic E-state index is 12.9. The van der Waals surface area contributed by atoms with Crippen molar-refractivity contribution in [3.8, 4) is 0 Å². The fourth-order valence-corrected chi connectivity index (χ4v) is 10.4. The van der Waals surface area contributed by atoms with Gasteiger partial charge in [0.05, 0.1) is 0 Å².